The van der Waals surface area contributed by atoms with Gasteiger partial charge >= 0.3 is 5.97 Å². The number of nitrogens with one attached hydrogen (secondary N) is 1. The minimum absolute atomic E-state index is 0.0939. The number of nitrogens with zero attached hydrogens (tertiary/aromatic N) is 1. The number of aliphatic hydroxyl groups is 1. The molecule has 0 aliphatic heterocycles. The summed E-state index contributed by atoms with van der Waals surface area (Å²) in [5.74, 6) is -1.33. The second-order valence-electron chi connectivity index (χ2n) is 10.3. The number of hydrogen-bond donors (Lipinski definition) is 3. The molecule has 6 nitrogen and oxygen atoms in total. The topological polar surface area (TPSA) is 99.5 Å². The quantitative estimate of drug-likeness (QED) is 0.186. The van der Waals surface area contributed by atoms with Gasteiger partial charge in [-0.2, -0.15) is 0 Å². The van der Waals surface area contributed by atoms with Crippen molar-refractivity contribution in [2.24, 2.45) is 0 Å². The molecule has 4 aromatic rings. The summed E-state index contributed by atoms with van der Waals surface area (Å²) in [5, 5.41) is 24.3. The highest BCUT2D eigenvalue weighted by molar-refractivity contribution is 6.31. The Morgan fingerprint density at radius 3 is 2.52 bits per heavy atom. The van der Waals surface area contributed by atoms with E-state index >= 15 is 0 Å². The molecule has 0 radical (unpaired) electrons. The molecule has 4 rings (SSSR count). The predicted octanol–water partition coefficient (Wildman–Crippen LogP) is 6.94. The molecule has 0 spiro atoms. The first-order chi connectivity index (χ1) is 19.1. The summed E-state index contributed by atoms with van der Waals surface area (Å²) in [5.41, 5.74) is 4.30. The summed E-state index contributed by atoms with van der Waals surface area (Å²) in [4.78, 5) is 28.3. The van der Waals surface area contributed by atoms with Gasteiger partial charge in [0.05, 0.1) is 29.3 Å². The van der Waals surface area contributed by atoms with Crippen molar-refractivity contribution in [3.8, 4) is 0 Å². The molecule has 0 saturated carbocycles. The lowest BCUT2D eigenvalue weighted by Gasteiger charge is -2.24. The number of aliphatic carboxylic acids is 1. The third kappa shape index (κ3) is 8.01. The lowest BCUT2D eigenvalue weighted by Crippen LogP contribution is -2.29. The number of rotatable bonds is 11. The van der Waals surface area contributed by atoms with E-state index in [0.717, 1.165) is 38.9 Å². The smallest absolute Gasteiger partial charge is 0.303 e. The molecule has 0 fully saturated rings. The fraction of sp³-hybridized carbons (Fsp3) is 0.242. The number of benzene rings is 3. The Morgan fingerprint density at radius 1 is 0.975 bits per heavy atom. The zero-order valence-corrected chi connectivity index (χ0v) is 23.4. The molecule has 40 heavy (non-hydrogen) atoms. The summed E-state index contributed by atoms with van der Waals surface area (Å²) in [7, 11) is 0. The molecule has 0 saturated heterocycles. The number of pyridine rings is 1. The van der Waals surface area contributed by atoms with E-state index in [4.69, 9.17) is 16.7 Å². The van der Waals surface area contributed by atoms with Crippen LogP contribution in [0.1, 0.15) is 67.1 Å². The van der Waals surface area contributed by atoms with Gasteiger partial charge in [0, 0.05) is 16.8 Å². The summed E-state index contributed by atoms with van der Waals surface area (Å²) >= 11 is 6.13. The molecule has 1 heterocycles. The van der Waals surface area contributed by atoms with Crippen LogP contribution in [-0.4, -0.2) is 27.1 Å². The van der Waals surface area contributed by atoms with Crippen molar-refractivity contribution in [1.82, 2.24) is 10.3 Å². The zero-order valence-electron chi connectivity index (χ0n) is 22.6. The molecule has 0 aliphatic carbocycles. The highest BCUT2D eigenvalue weighted by Gasteiger charge is 2.21. The molecule has 1 unspecified atom stereocenters. The number of carboxylic acid groups (broad SMARTS) is 1. The largest absolute Gasteiger partial charge is 0.481 e. The highest BCUT2D eigenvalue weighted by atomic mass is 35.5. The molecule has 0 bridgehead atoms. The number of carbonyl (C=O) groups is 2. The van der Waals surface area contributed by atoms with Crippen LogP contribution in [0.4, 0.5) is 0 Å². The van der Waals surface area contributed by atoms with Crippen molar-refractivity contribution in [3.05, 3.63) is 112 Å². The molecule has 3 aromatic carbocycles. The Balaban J connectivity index is 1.57. The standard InChI is InChI=1S/C33H33ClN2O4/c1-33(2,40)28-9-4-3-7-23(28)13-17-29(36-31(37)18-19-32(38)39)25-8-5-6-22(20-25)10-15-27-16-12-24-11-14-26(34)21-30(24)35-27/h3-12,14-16,20-21,29,40H,13,17-19H2,1-2H3,(H,36,37)(H,38,39)/b15-10+. The van der Waals surface area contributed by atoms with Crippen molar-refractivity contribution in [1.29, 1.82) is 0 Å². The fourth-order valence-electron chi connectivity index (χ4n) is 4.70. The van der Waals surface area contributed by atoms with Gasteiger partial charge in [0.15, 0.2) is 0 Å². The SMILES string of the molecule is CC(C)(O)c1ccccc1CCC(NC(=O)CCC(=O)O)c1cccc(/C=C/c2ccc3ccc(Cl)cc3n2)c1. The molecule has 3 N–H and O–H groups in total. The summed E-state index contributed by atoms with van der Waals surface area (Å²) < 4.78 is 0. The minimum atomic E-state index is -1.01. The highest BCUT2D eigenvalue weighted by Crippen LogP contribution is 2.28. The zero-order chi connectivity index (χ0) is 28.7. The van der Waals surface area contributed by atoms with E-state index in [0.29, 0.717) is 17.9 Å². The molecule has 7 heteroatoms. The fourth-order valence-corrected chi connectivity index (χ4v) is 4.87. The third-order valence-electron chi connectivity index (χ3n) is 6.72. The van der Waals surface area contributed by atoms with E-state index in [-0.39, 0.29) is 24.8 Å². The van der Waals surface area contributed by atoms with Gasteiger partial charge in [0.2, 0.25) is 5.91 Å². The van der Waals surface area contributed by atoms with E-state index in [1.165, 1.54) is 0 Å². The van der Waals surface area contributed by atoms with Gasteiger partial charge < -0.3 is 15.5 Å². The van der Waals surface area contributed by atoms with Crippen LogP contribution in [-0.2, 0) is 21.6 Å². The van der Waals surface area contributed by atoms with E-state index in [2.05, 4.69) is 10.3 Å². The Kier molecular flexibility index (Phi) is 9.35. The monoisotopic (exact) mass is 556 g/mol. The molecule has 206 valence electrons. The van der Waals surface area contributed by atoms with Gasteiger partial charge in [-0.1, -0.05) is 72.3 Å². The van der Waals surface area contributed by atoms with E-state index in [1.807, 2.05) is 91.0 Å². The first-order valence-electron chi connectivity index (χ1n) is 13.2. The van der Waals surface area contributed by atoms with Crippen LogP contribution in [0.2, 0.25) is 5.02 Å². The van der Waals surface area contributed by atoms with E-state index in [1.54, 1.807) is 13.8 Å². The van der Waals surface area contributed by atoms with Gasteiger partial charge in [-0.05, 0) is 79.3 Å². The van der Waals surface area contributed by atoms with Crippen LogP contribution in [0, 0.1) is 0 Å². The lowest BCUT2D eigenvalue weighted by atomic mass is 9.89. The normalized spacial score (nSPS) is 12.5. The number of carbonyl (C=O) groups excluding carboxylic acids is 1. The molecule has 1 aromatic heterocycles. The molecular formula is C33H33ClN2O4. The van der Waals surface area contributed by atoms with Gasteiger partial charge in [-0.3, -0.25) is 9.59 Å². The molecular weight excluding hydrogens is 524 g/mol. The van der Waals surface area contributed by atoms with Crippen LogP contribution >= 0.6 is 11.6 Å². The van der Waals surface area contributed by atoms with Gasteiger partial charge in [0.25, 0.3) is 0 Å². The average Bonchev–Trinajstić information content (AvgIpc) is 2.92. The Morgan fingerprint density at radius 2 is 1.75 bits per heavy atom. The Bertz CT molecular complexity index is 1540. The third-order valence-corrected chi connectivity index (χ3v) is 6.95. The van der Waals surface area contributed by atoms with Crippen molar-refractivity contribution < 1.29 is 19.8 Å². The average molecular weight is 557 g/mol. The Hall–Kier alpha value is -4.00. The van der Waals surface area contributed by atoms with Crippen molar-refractivity contribution in [2.75, 3.05) is 0 Å². The van der Waals surface area contributed by atoms with Crippen LogP contribution < -0.4 is 5.32 Å². The van der Waals surface area contributed by atoms with Crippen LogP contribution in [0.5, 0.6) is 0 Å². The minimum Gasteiger partial charge on any atom is -0.481 e. The second-order valence-corrected chi connectivity index (χ2v) is 10.8. The number of carboxylic acids is 1. The second kappa shape index (κ2) is 12.9. The van der Waals surface area contributed by atoms with Gasteiger partial charge in [-0.25, -0.2) is 4.98 Å². The van der Waals surface area contributed by atoms with Crippen molar-refractivity contribution in [3.63, 3.8) is 0 Å². The van der Waals surface area contributed by atoms with E-state index in [9.17, 15) is 14.7 Å². The number of hydrogen-bond acceptors (Lipinski definition) is 4. The van der Waals surface area contributed by atoms with Crippen LogP contribution in [0.15, 0.2) is 78.9 Å². The molecule has 0 aliphatic rings. The number of aryl methyl sites for hydroxylation is 1. The van der Waals surface area contributed by atoms with Gasteiger partial charge in [-0.15, -0.1) is 0 Å². The first-order valence-corrected chi connectivity index (χ1v) is 13.6. The maximum Gasteiger partial charge on any atom is 0.303 e. The van der Waals surface area contributed by atoms with Crippen molar-refractivity contribution in [2.45, 2.75) is 51.2 Å². The van der Waals surface area contributed by atoms with Crippen molar-refractivity contribution >= 4 is 46.5 Å². The number of halogens is 1. The number of aromatic nitrogens is 1. The number of amides is 1. The Labute approximate surface area is 239 Å². The van der Waals surface area contributed by atoms with E-state index < -0.39 is 11.6 Å². The van der Waals surface area contributed by atoms with Gasteiger partial charge in [0.1, 0.15) is 0 Å². The predicted molar refractivity (Wildman–Crippen MR) is 160 cm³/mol. The first kappa shape index (κ1) is 29.0. The summed E-state index contributed by atoms with van der Waals surface area (Å²) in [6.07, 6.45) is 4.77. The maximum atomic E-state index is 12.6. The lowest BCUT2D eigenvalue weighted by molar-refractivity contribution is -0.138. The maximum absolute atomic E-state index is 12.6. The molecule has 1 amide bonds. The van der Waals surface area contributed by atoms with Crippen LogP contribution in [0.3, 0.4) is 0 Å². The molecule has 1 atom stereocenters. The summed E-state index contributed by atoms with van der Waals surface area (Å²) in [6.45, 7) is 3.51. The summed E-state index contributed by atoms with van der Waals surface area (Å²) in [6, 6.07) is 24.8. The number of fused-ring (bicyclic) bond motifs is 1. The van der Waals surface area contributed by atoms with Crippen LogP contribution in [0.25, 0.3) is 23.1 Å².